The number of carbonyl (C=O) groups is 2. The van der Waals surface area contributed by atoms with Crippen molar-refractivity contribution in [1.82, 2.24) is 5.32 Å². The zero-order chi connectivity index (χ0) is 23.1. The van der Waals surface area contributed by atoms with Crippen LogP contribution in [-0.2, 0) is 9.59 Å². The summed E-state index contributed by atoms with van der Waals surface area (Å²) in [7, 11) is 0. The predicted octanol–water partition coefficient (Wildman–Crippen LogP) is 5.51. The number of aliphatic imine (C=N–C) groups is 1. The number of nitrogens with zero attached hydrogens (tertiary/aromatic N) is 2. The van der Waals surface area contributed by atoms with Crippen LogP contribution < -0.4 is 10.2 Å². The van der Waals surface area contributed by atoms with Gasteiger partial charge in [-0.1, -0.05) is 80.9 Å². The maximum Gasteiger partial charge on any atom is 0.283 e. The molecule has 32 heavy (non-hydrogen) atoms. The first-order valence-electron chi connectivity index (χ1n) is 11.1. The quantitative estimate of drug-likeness (QED) is 0.427. The topological polar surface area (TPSA) is 61.8 Å². The molecule has 0 aromatic heterocycles. The van der Waals surface area contributed by atoms with Gasteiger partial charge in [0.15, 0.2) is 5.17 Å². The van der Waals surface area contributed by atoms with Gasteiger partial charge in [-0.15, -0.1) is 0 Å². The van der Waals surface area contributed by atoms with Crippen LogP contribution in [0, 0.1) is 6.92 Å². The molecule has 1 aliphatic heterocycles. The average molecular weight is 450 g/mol. The number of anilines is 1. The van der Waals surface area contributed by atoms with Gasteiger partial charge < -0.3 is 5.32 Å². The lowest BCUT2D eigenvalue weighted by Crippen LogP contribution is -2.32. The summed E-state index contributed by atoms with van der Waals surface area (Å²) >= 11 is 1.28. The molecule has 0 saturated carbocycles. The van der Waals surface area contributed by atoms with E-state index < -0.39 is 0 Å². The third kappa shape index (κ3) is 6.10. The van der Waals surface area contributed by atoms with Crippen LogP contribution in [0.2, 0.25) is 0 Å². The molecule has 3 rings (SSSR count). The molecule has 2 aromatic carbocycles. The van der Waals surface area contributed by atoms with E-state index in [1.807, 2.05) is 49.4 Å². The smallest absolute Gasteiger partial charge is 0.283 e. The lowest BCUT2D eigenvalue weighted by atomic mass is 10.0. The Bertz CT molecular complexity index is 1010. The van der Waals surface area contributed by atoms with Crippen molar-refractivity contribution in [2.24, 2.45) is 4.99 Å². The number of hydrogen-bond donors (Lipinski definition) is 1. The van der Waals surface area contributed by atoms with Crippen molar-refractivity contribution in [3.8, 4) is 0 Å². The Morgan fingerprint density at radius 3 is 2.44 bits per heavy atom. The van der Waals surface area contributed by atoms with Crippen molar-refractivity contribution in [1.29, 1.82) is 0 Å². The number of benzene rings is 2. The fourth-order valence-corrected chi connectivity index (χ4v) is 4.08. The van der Waals surface area contributed by atoms with Crippen molar-refractivity contribution in [2.75, 3.05) is 17.2 Å². The molecule has 0 saturated heterocycles. The fourth-order valence-electron chi connectivity index (χ4n) is 3.24. The normalized spacial score (nSPS) is 14.9. The van der Waals surface area contributed by atoms with Gasteiger partial charge in [-0.3, -0.25) is 14.5 Å². The summed E-state index contributed by atoms with van der Waals surface area (Å²) in [6.07, 6.45) is 3.79. The van der Waals surface area contributed by atoms with Crippen LogP contribution in [0.15, 0.2) is 59.2 Å². The van der Waals surface area contributed by atoms with E-state index in [0.717, 1.165) is 29.7 Å². The first-order chi connectivity index (χ1) is 15.4. The van der Waals surface area contributed by atoms with E-state index in [0.29, 0.717) is 23.3 Å². The molecule has 168 valence electrons. The maximum atomic E-state index is 13.3. The first kappa shape index (κ1) is 23.8. The number of rotatable bonds is 8. The summed E-state index contributed by atoms with van der Waals surface area (Å²) in [5.74, 6) is 0.431. The number of hydrogen-bond acceptors (Lipinski definition) is 4. The third-order valence-electron chi connectivity index (χ3n) is 5.21. The van der Waals surface area contributed by atoms with Crippen LogP contribution in [0.3, 0.4) is 0 Å². The summed E-state index contributed by atoms with van der Waals surface area (Å²) in [4.78, 5) is 31.7. The SMILES string of the molecule is CCCCNC(=O)CSC1=NC(=Cc2ccc(C(C)C)cc2)C(=O)N1c1ccc(C)cc1. The minimum absolute atomic E-state index is 0.0517. The predicted molar refractivity (Wildman–Crippen MR) is 135 cm³/mol. The van der Waals surface area contributed by atoms with Gasteiger partial charge in [-0.25, -0.2) is 4.99 Å². The molecule has 0 aliphatic carbocycles. The summed E-state index contributed by atoms with van der Waals surface area (Å²) < 4.78 is 0. The molecule has 0 atom stereocenters. The number of aryl methyl sites for hydroxylation is 1. The molecule has 1 N–H and O–H groups in total. The third-order valence-corrected chi connectivity index (χ3v) is 6.15. The zero-order valence-corrected chi connectivity index (χ0v) is 20.0. The molecule has 2 aromatic rings. The summed E-state index contributed by atoms with van der Waals surface area (Å²) in [6, 6.07) is 15.9. The van der Waals surface area contributed by atoms with Gasteiger partial charge in [-0.05, 0) is 48.6 Å². The van der Waals surface area contributed by atoms with E-state index >= 15 is 0 Å². The van der Waals surface area contributed by atoms with Crippen molar-refractivity contribution in [3.63, 3.8) is 0 Å². The van der Waals surface area contributed by atoms with Gasteiger partial charge >= 0.3 is 0 Å². The van der Waals surface area contributed by atoms with Crippen molar-refractivity contribution >= 4 is 40.5 Å². The highest BCUT2D eigenvalue weighted by molar-refractivity contribution is 8.14. The standard InChI is InChI=1S/C26H31N3O2S/c1-5-6-15-27-24(30)17-32-26-28-23(16-20-9-11-21(12-10-20)18(2)3)25(31)29(26)22-13-7-19(4)8-14-22/h7-14,16,18H,5-6,15,17H2,1-4H3,(H,27,30). The Hall–Kier alpha value is -2.86. The largest absolute Gasteiger partial charge is 0.355 e. The lowest BCUT2D eigenvalue weighted by Gasteiger charge is -2.18. The van der Waals surface area contributed by atoms with Crippen molar-refractivity contribution < 1.29 is 9.59 Å². The van der Waals surface area contributed by atoms with Crippen LogP contribution in [0.4, 0.5) is 5.69 Å². The molecule has 0 bridgehead atoms. The number of nitrogens with one attached hydrogen (secondary N) is 1. The zero-order valence-electron chi connectivity index (χ0n) is 19.2. The Labute approximate surface area is 195 Å². The van der Waals surface area contributed by atoms with Crippen molar-refractivity contribution in [3.05, 3.63) is 70.9 Å². The van der Waals surface area contributed by atoms with Gasteiger partial charge in [0.2, 0.25) is 5.91 Å². The molecule has 2 amide bonds. The highest BCUT2D eigenvalue weighted by Crippen LogP contribution is 2.30. The fraction of sp³-hybridized carbons (Fsp3) is 0.346. The molecule has 6 heteroatoms. The van der Waals surface area contributed by atoms with Gasteiger partial charge in [0.25, 0.3) is 5.91 Å². The number of unbranched alkanes of at least 4 members (excludes halogenated alkanes) is 1. The molecule has 0 fully saturated rings. The highest BCUT2D eigenvalue weighted by atomic mass is 32.2. The van der Waals surface area contributed by atoms with E-state index in [2.05, 4.69) is 43.2 Å². The van der Waals surface area contributed by atoms with Crippen molar-refractivity contribution in [2.45, 2.75) is 46.5 Å². The highest BCUT2D eigenvalue weighted by Gasteiger charge is 2.32. The van der Waals surface area contributed by atoms with E-state index in [4.69, 9.17) is 0 Å². The Balaban J connectivity index is 1.83. The lowest BCUT2D eigenvalue weighted by molar-refractivity contribution is -0.118. The average Bonchev–Trinajstić information content (AvgIpc) is 3.08. The molecule has 1 aliphatic rings. The van der Waals surface area contributed by atoms with Gasteiger partial charge in [0.1, 0.15) is 5.70 Å². The van der Waals surface area contributed by atoms with E-state index in [1.165, 1.54) is 17.3 Å². The second-order valence-corrected chi connectivity index (χ2v) is 9.16. The summed E-state index contributed by atoms with van der Waals surface area (Å²) in [6.45, 7) is 9.06. The van der Waals surface area contributed by atoms with Crippen LogP contribution in [-0.4, -0.2) is 29.3 Å². The van der Waals surface area contributed by atoms with Crippen LogP contribution in [0.25, 0.3) is 6.08 Å². The summed E-state index contributed by atoms with van der Waals surface area (Å²) in [5.41, 5.74) is 4.41. The Morgan fingerprint density at radius 2 is 1.81 bits per heavy atom. The molecule has 0 unspecified atom stereocenters. The van der Waals surface area contributed by atoms with Gasteiger partial charge in [0.05, 0.1) is 11.4 Å². The number of amidine groups is 1. The first-order valence-corrected chi connectivity index (χ1v) is 12.1. The minimum Gasteiger partial charge on any atom is -0.355 e. The monoisotopic (exact) mass is 449 g/mol. The number of thioether (sulfide) groups is 1. The van der Waals surface area contributed by atoms with Crippen LogP contribution in [0.5, 0.6) is 0 Å². The van der Waals surface area contributed by atoms with Crippen LogP contribution >= 0.6 is 11.8 Å². The number of carbonyl (C=O) groups excluding carboxylic acids is 2. The molecular formula is C26H31N3O2S. The van der Waals surface area contributed by atoms with E-state index in [9.17, 15) is 9.59 Å². The minimum atomic E-state index is -0.185. The van der Waals surface area contributed by atoms with Gasteiger partial charge in [-0.2, -0.15) is 0 Å². The van der Waals surface area contributed by atoms with E-state index in [1.54, 1.807) is 4.90 Å². The Morgan fingerprint density at radius 1 is 1.12 bits per heavy atom. The number of amides is 2. The Kier molecular flexibility index (Phi) is 8.28. The molecular weight excluding hydrogens is 418 g/mol. The molecule has 0 radical (unpaired) electrons. The molecule has 0 spiro atoms. The maximum absolute atomic E-state index is 13.3. The van der Waals surface area contributed by atoms with E-state index in [-0.39, 0.29) is 17.6 Å². The molecule has 5 nitrogen and oxygen atoms in total. The second-order valence-electron chi connectivity index (χ2n) is 8.21. The van der Waals surface area contributed by atoms with Gasteiger partial charge in [0, 0.05) is 6.54 Å². The molecule has 1 heterocycles. The second kappa shape index (κ2) is 11.1. The van der Waals surface area contributed by atoms with Crippen LogP contribution in [0.1, 0.15) is 56.2 Å². The summed E-state index contributed by atoms with van der Waals surface area (Å²) in [5, 5.41) is 3.44.